The van der Waals surface area contributed by atoms with Crippen LogP contribution < -0.4 is 5.43 Å². The maximum Gasteiger partial charge on any atom is 0.272 e. The number of aryl methyl sites for hydroxylation is 1. The summed E-state index contributed by atoms with van der Waals surface area (Å²) in [7, 11) is 0. The van der Waals surface area contributed by atoms with Crippen molar-refractivity contribution in [2.45, 2.75) is 6.92 Å². The van der Waals surface area contributed by atoms with E-state index in [-0.39, 0.29) is 5.69 Å². The summed E-state index contributed by atoms with van der Waals surface area (Å²) in [4.78, 5) is 22.5. The van der Waals surface area contributed by atoms with Crippen molar-refractivity contribution in [3.05, 3.63) is 85.6 Å². The van der Waals surface area contributed by atoms with Crippen LogP contribution in [0.15, 0.2) is 58.0 Å². The monoisotopic (exact) mass is 417 g/mol. The lowest BCUT2D eigenvalue weighted by Crippen LogP contribution is -2.18. The predicted octanol–water partition coefficient (Wildman–Crippen LogP) is 5.23. The van der Waals surface area contributed by atoms with E-state index in [9.17, 15) is 14.9 Å². The third-order valence-electron chi connectivity index (χ3n) is 3.78. The summed E-state index contributed by atoms with van der Waals surface area (Å²) in [5, 5.41) is 15.4. The zero-order valence-corrected chi connectivity index (χ0v) is 16.0. The molecule has 0 bridgehead atoms. The number of nitro benzene ring substituents is 1. The summed E-state index contributed by atoms with van der Waals surface area (Å²) in [5.74, 6) is 0.200. The first kappa shape index (κ1) is 19.6. The Kier molecular flexibility index (Phi) is 5.77. The molecule has 2 aromatic carbocycles. The molecule has 0 fully saturated rings. The zero-order chi connectivity index (χ0) is 20.3. The third kappa shape index (κ3) is 4.39. The van der Waals surface area contributed by atoms with Gasteiger partial charge in [-0.2, -0.15) is 5.10 Å². The smallest absolute Gasteiger partial charge is 0.272 e. The fourth-order valence-corrected chi connectivity index (χ4v) is 2.93. The van der Waals surface area contributed by atoms with Gasteiger partial charge in [0.1, 0.15) is 11.5 Å². The number of nitro groups is 1. The summed E-state index contributed by atoms with van der Waals surface area (Å²) in [6.45, 7) is 1.87. The van der Waals surface area contributed by atoms with Crippen LogP contribution in [0.3, 0.4) is 0 Å². The second-order valence-corrected chi connectivity index (χ2v) is 6.62. The van der Waals surface area contributed by atoms with Gasteiger partial charge in [-0.15, -0.1) is 0 Å². The van der Waals surface area contributed by atoms with Crippen LogP contribution in [0.2, 0.25) is 10.0 Å². The fraction of sp³-hybridized carbons (Fsp3) is 0.0526. The molecule has 9 heteroatoms. The molecule has 1 N–H and O–H groups in total. The highest BCUT2D eigenvalue weighted by Gasteiger charge is 2.14. The number of hydrazone groups is 1. The van der Waals surface area contributed by atoms with Crippen molar-refractivity contribution in [3.63, 3.8) is 0 Å². The van der Waals surface area contributed by atoms with Crippen LogP contribution in [-0.2, 0) is 0 Å². The van der Waals surface area contributed by atoms with Gasteiger partial charge in [-0.05, 0) is 42.8 Å². The van der Waals surface area contributed by atoms with Crippen LogP contribution in [0.1, 0.15) is 21.7 Å². The Balaban J connectivity index is 1.73. The Bertz CT molecular complexity index is 1090. The summed E-state index contributed by atoms with van der Waals surface area (Å²) < 4.78 is 5.58. The third-order valence-corrected chi connectivity index (χ3v) is 4.42. The predicted molar refractivity (Wildman–Crippen MR) is 107 cm³/mol. The zero-order valence-electron chi connectivity index (χ0n) is 14.5. The molecule has 0 spiro atoms. The summed E-state index contributed by atoms with van der Waals surface area (Å²) in [6.07, 6.45) is 1.30. The van der Waals surface area contributed by atoms with E-state index < -0.39 is 10.8 Å². The van der Waals surface area contributed by atoms with E-state index in [0.29, 0.717) is 32.7 Å². The Labute approximate surface area is 169 Å². The number of rotatable bonds is 5. The Hall–Kier alpha value is -3.16. The molecule has 0 saturated heterocycles. The van der Waals surface area contributed by atoms with E-state index in [1.807, 2.05) is 6.92 Å². The van der Waals surface area contributed by atoms with Crippen LogP contribution >= 0.6 is 23.2 Å². The van der Waals surface area contributed by atoms with E-state index in [4.69, 9.17) is 27.6 Å². The molecule has 0 aliphatic carbocycles. The normalized spacial score (nSPS) is 11.0. The lowest BCUT2D eigenvalue weighted by Gasteiger charge is -2.03. The van der Waals surface area contributed by atoms with Gasteiger partial charge >= 0.3 is 0 Å². The van der Waals surface area contributed by atoms with Crippen molar-refractivity contribution in [1.82, 2.24) is 5.43 Å². The molecule has 0 saturated carbocycles. The van der Waals surface area contributed by atoms with E-state index in [1.54, 1.807) is 30.3 Å². The minimum absolute atomic E-state index is 0.103. The summed E-state index contributed by atoms with van der Waals surface area (Å²) in [5.41, 5.74) is 3.88. The molecule has 1 heterocycles. The minimum Gasteiger partial charge on any atom is -0.455 e. The average molecular weight is 418 g/mol. The lowest BCUT2D eigenvalue weighted by molar-refractivity contribution is -0.384. The molecular weight excluding hydrogens is 405 g/mol. The number of benzene rings is 2. The van der Waals surface area contributed by atoms with Crippen molar-refractivity contribution in [2.75, 3.05) is 0 Å². The number of hydrogen-bond donors (Lipinski definition) is 1. The van der Waals surface area contributed by atoms with Crippen LogP contribution in [-0.4, -0.2) is 17.0 Å². The number of amides is 1. The molecule has 3 aromatic rings. The van der Waals surface area contributed by atoms with Crippen molar-refractivity contribution in [3.8, 4) is 11.3 Å². The number of nitrogens with zero attached hydrogens (tertiary/aromatic N) is 2. The second kappa shape index (κ2) is 8.24. The van der Waals surface area contributed by atoms with Gasteiger partial charge in [-0.3, -0.25) is 14.9 Å². The molecule has 0 radical (unpaired) electrons. The molecular formula is C19H13Cl2N3O4. The molecule has 7 nitrogen and oxygen atoms in total. The van der Waals surface area contributed by atoms with Gasteiger partial charge in [-0.25, -0.2) is 5.43 Å². The van der Waals surface area contributed by atoms with Crippen LogP contribution in [0, 0.1) is 17.0 Å². The highest BCUT2D eigenvalue weighted by molar-refractivity contribution is 6.34. The van der Waals surface area contributed by atoms with Crippen molar-refractivity contribution >= 4 is 41.0 Å². The summed E-state index contributed by atoms with van der Waals surface area (Å²) in [6, 6.07) is 12.3. The Morgan fingerprint density at radius 3 is 2.64 bits per heavy atom. The quantitative estimate of drug-likeness (QED) is 0.348. The maximum atomic E-state index is 12.1. The average Bonchev–Trinajstić information content (AvgIpc) is 3.10. The fourth-order valence-electron chi connectivity index (χ4n) is 2.40. The molecule has 0 aliphatic rings. The molecule has 28 heavy (non-hydrogen) atoms. The van der Waals surface area contributed by atoms with Crippen molar-refractivity contribution in [1.29, 1.82) is 0 Å². The van der Waals surface area contributed by atoms with Crippen LogP contribution in [0.5, 0.6) is 0 Å². The second-order valence-electron chi connectivity index (χ2n) is 5.81. The van der Waals surface area contributed by atoms with Gasteiger partial charge < -0.3 is 4.42 Å². The van der Waals surface area contributed by atoms with Crippen molar-refractivity contribution < 1.29 is 14.1 Å². The highest BCUT2D eigenvalue weighted by atomic mass is 35.5. The molecule has 0 atom stereocenters. The van der Waals surface area contributed by atoms with Crippen molar-refractivity contribution in [2.24, 2.45) is 5.10 Å². The van der Waals surface area contributed by atoms with Crippen LogP contribution in [0.4, 0.5) is 5.69 Å². The van der Waals surface area contributed by atoms with E-state index >= 15 is 0 Å². The van der Waals surface area contributed by atoms with E-state index in [1.165, 1.54) is 24.4 Å². The van der Waals surface area contributed by atoms with Gasteiger partial charge in [0.05, 0.1) is 26.7 Å². The van der Waals surface area contributed by atoms with Gasteiger partial charge in [0.2, 0.25) is 0 Å². The summed E-state index contributed by atoms with van der Waals surface area (Å²) >= 11 is 12.1. The van der Waals surface area contributed by atoms with E-state index in [2.05, 4.69) is 10.5 Å². The number of nitrogens with one attached hydrogen (secondary N) is 1. The van der Waals surface area contributed by atoms with Gasteiger partial charge in [-0.1, -0.05) is 29.3 Å². The molecule has 1 amide bonds. The SMILES string of the molecule is Cc1ccc(C(=O)NN=Cc2ccc(-c3cc([N+](=O)[O-])ccc3Cl)o2)c(Cl)c1. The van der Waals surface area contributed by atoms with Gasteiger partial charge in [0.25, 0.3) is 11.6 Å². The minimum atomic E-state index is -0.517. The van der Waals surface area contributed by atoms with E-state index in [0.717, 1.165) is 5.56 Å². The number of carbonyl (C=O) groups excluding carboxylic acids is 1. The largest absolute Gasteiger partial charge is 0.455 e. The Morgan fingerprint density at radius 2 is 1.93 bits per heavy atom. The first-order valence-corrected chi connectivity index (χ1v) is 8.74. The maximum absolute atomic E-state index is 12.1. The lowest BCUT2D eigenvalue weighted by atomic mass is 10.1. The number of furan rings is 1. The number of hydrogen-bond acceptors (Lipinski definition) is 5. The standard InChI is InChI=1S/C19H13Cl2N3O4/c1-11-2-5-14(17(21)8-11)19(25)23-22-10-13-4-7-18(28-13)15-9-12(24(26)27)3-6-16(15)20/h2-10H,1H3,(H,23,25). The van der Waals surface area contributed by atoms with Gasteiger partial charge in [0, 0.05) is 17.7 Å². The number of non-ortho nitro benzene ring substituents is 1. The molecule has 1 aromatic heterocycles. The molecule has 0 unspecified atom stereocenters. The molecule has 3 rings (SSSR count). The number of carbonyl (C=O) groups is 1. The molecule has 0 aliphatic heterocycles. The molecule has 142 valence electrons. The number of halogens is 2. The first-order chi connectivity index (χ1) is 13.3. The first-order valence-electron chi connectivity index (χ1n) is 7.99. The van der Waals surface area contributed by atoms with Gasteiger partial charge in [0.15, 0.2) is 0 Å². The highest BCUT2D eigenvalue weighted by Crippen LogP contribution is 2.32. The topological polar surface area (TPSA) is 97.7 Å². The van der Waals surface area contributed by atoms with Crippen LogP contribution in [0.25, 0.3) is 11.3 Å². The Morgan fingerprint density at radius 1 is 1.14 bits per heavy atom.